The lowest BCUT2D eigenvalue weighted by atomic mass is 10.2. The summed E-state index contributed by atoms with van der Waals surface area (Å²) in [4.78, 5) is 8.56. The zero-order chi connectivity index (χ0) is 13.7. The molecule has 1 heterocycles. The van der Waals surface area contributed by atoms with Gasteiger partial charge in [-0.2, -0.15) is 0 Å². The van der Waals surface area contributed by atoms with Crippen LogP contribution in [0.2, 0.25) is 0 Å². The number of hydrogen-bond acceptors (Lipinski definition) is 4. The van der Waals surface area contributed by atoms with Gasteiger partial charge in [-0.3, -0.25) is 4.98 Å². The smallest absolute Gasteiger partial charge is 0.238 e. The van der Waals surface area contributed by atoms with E-state index >= 15 is 0 Å². The SMILES string of the molecule is CCNCc1cncc(Oc2cc(Br)ccc2C)n1. The van der Waals surface area contributed by atoms with Crippen molar-refractivity contribution in [2.24, 2.45) is 0 Å². The van der Waals surface area contributed by atoms with Crippen molar-refractivity contribution in [1.29, 1.82) is 0 Å². The van der Waals surface area contributed by atoms with Crippen LogP contribution >= 0.6 is 15.9 Å². The summed E-state index contributed by atoms with van der Waals surface area (Å²) in [5.74, 6) is 1.29. The molecule has 4 nitrogen and oxygen atoms in total. The molecule has 0 saturated carbocycles. The van der Waals surface area contributed by atoms with Gasteiger partial charge in [0, 0.05) is 17.2 Å². The molecule has 0 fully saturated rings. The van der Waals surface area contributed by atoms with Gasteiger partial charge in [0.25, 0.3) is 0 Å². The fourth-order valence-corrected chi connectivity index (χ4v) is 1.91. The summed E-state index contributed by atoms with van der Waals surface area (Å²) in [5, 5.41) is 3.21. The maximum Gasteiger partial charge on any atom is 0.238 e. The Morgan fingerprint density at radius 1 is 1.32 bits per heavy atom. The highest BCUT2D eigenvalue weighted by atomic mass is 79.9. The Labute approximate surface area is 121 Å². The predicted octanol–water partition coefficient (Wildman–Crippen LogP) is 3.45. The molecule has 1 aromatic carbocycles. The standard InChI is InChI=1S/C14H16BrN3O/c1-3-16-7-12-8-17-9-14(18-12)19-13-6-11(15)5-4-10(13)2/h4-6,8-9,16H,3,7H2,1-2H3. The zero-order valence-electron chi connectivity index (χ0n) is 11.0. The van der Waals surface area contributed by atoms with E-state index in [0.29, 0.717) is 12.4 Å². The molecule has 1 N–H and O–H groups in total. The van der Waals surface area contributed by atoms with Crippen LogP contribution in [0.4, 0.5) is 0 Å². The first-order valence-corrected chi connectivity index (χ1v) is 6.94. The highest BCUT2D eigenvalue weighted by Gasteiger charge is 2.05. The number of halogens is 1. The van der Waals surface area contributed by atoms with E-state index in [4.69, 9.17) is 4.74 Å². The Kier molecular flexibility index (Phi) is 4.87. The molecule has 19 heavy (non-hydrogen) atoms. The molecule has 0 aliphatic rings. The molecule has 100 valence electrons. The number of nitrogens with one attached hydrogen (secondary N) is 1. The number of nitrogens with zero attached hydrogens (tertiary/aromatic N) is 2. The van der Waals surface area contributed by atoms with E-state index in [1.807, 2.05) is 25.1 Å². The summed E-state index contributed by atoms with van der Waals surface area (Å²) in [6.07, 6.45) is 3.36. The van der Waals surface area contributed by atoms with Crippen molar-refractivity contribution < 1.29 is 4.74 Å². The highest BCUT2D eigenvalue weighted by molar-refractivity contribution is 9.10. The third kappa shape index (κ3) is 4.01. The van der Waals surface area contributed by atoms with E-state index in [9.17, 15) is 0 Å². The summed E-state index contributed by atoms with van der Waals surface area (Å²) in [6, 6.07) is 5.90. The molecular weight excluding hydrogens is 306 g/mol. The molecule has 0 bridgehead atoms. The van der Waals surface area contributed by atoms with Crippen LogP contribution < -0.4 is 10.1 Å². The van der Waals surface area contributed by atoms with Gasteiger partial charge in [0.15, 0.2) is 0 Å². The Balaban J connectivity index is 2.16. The molecule has 0 aliphatic carbocycles. The lowest BCUT2D eigenvalue weighted by molar-refractivity contribution is 0.453. The van der Waals surface area contributed by atoms with Crippen LogP contribution in [0.15, 0.2) is 35.1 Å². The van der Waals surface area contributed by atoms with Gasteiger partial charge in [0.1, 0.15) is 5.75 Å². The van der Waals surface area contributed by atoms with Gasteiger partial charge in [0.05, 0.1) is 11.9 Å². The Bertz CT molecular complexity index is 560. The number of benzene rings is 1. The van der Waals surface area contributed by atoms with E-state index in [-0.39, 0.29) is 0 Å². The number of ether oxygens (including phenoxy) is 1. The van der Waals surface area contributed by atoms with Crippen LogP contribution in [0.1, 0.15) is 18.2 Å². The van der Waals surface area contributed by atoms with Crippen LogP contribution in [0.25, 0.3) is 0 Å². The molecule has 0 unspecified atom stereocenters. The maximum absolute atomic E-state index is 5.78. The molecule has 0 amide bonds. The Morgan fingerprint density at radius 2 is 2.16 bits per heavy atom. The van der Waals surface area contributed by atoms with Crippen molar-refractivity contribution in [2.75, 3.05) is 6.54 Å². The molecule has 0 spiro atoms. The second-order valence-corrected chi connectivity index (χ2v) is 5.06. The molecule has 1 aromatic heterocycles. The normalized spacial score (nSPS) is 10.5. The fraction of sp³-hybridized carbons (Fsp3) is 0.286. The zero-order valence-corrected chi connectivity index (χ0v) is 12.6. The van der Waals surface area contributed by atoms with Crippen molar-refractivity contribution in [2.45, 2.75) is 20.4 Å². The first kappa shape index (κ1) is 14.0. The second-order valence-electron chi connectivity index (χ2n) is 4.14. The van der Waals surface area contributed by atoms with Crippen molar-refractivity contribution >= 4 is 15.9 Å². The van der Waals surface area contributed by atoms with E-state index in [2.05, 4.69) is 38.1 Å². The van der Waals surface area contributed by atoms with E-state index < -0.39 is 0 Å². The second kappa shape index (κ2) is 6.63. The number of rotatable bonds is 5. The van der Waals surface area contributed by atoms with Gasteiger partial charge < -0.3 is 10.1 Å². The minimum Gasteiger partial charge on any atom is -0.437 e. The Morgan fingerprint density at radius 3 is 2.95 bits per heavy atom. The highest BCUT2D eigenvalue weighted by Crippen LogP contribution is 2.26. The molecule has 0 atom stereocenters. The average Bonchev–Trinajstić information content (AvgIpc) is 2.41. The quantitative estimate of drug-likeness (QED) is 0.916. The lowest BCUT2D eigenvalue weighted by Gasteiger charge is -2.09. The van der Waals surface area contributed by atoms with Crippen LogP contribution in [0.5, 0.6) is 11.6 Å². The molecule has 2 aromatic rings. The van der Waals surface area contributed by atoms with Gasteiger partial charge in [-0.1, -0.05) is 28.9 Å². The predicted molar refractivity (Wildman–Crippen MR) is 78.4 cm³/mol. The van der Waals surface area contributed by atoms with Gasteiger partial charge in [0.2, 0.25) is 5.88 Å². The number of aromatic nitrogens is 2. The molecule has 5 heteroatoms. The maximum atomic E-state index is 5.78. The van der Waals surface area contributed by atoms with E-state index in [1.165, 1.54) is 0 Å². The average molecular weight is 322 g/mol. The monoisotopic (exact) mass is 321 g/mol. The molecular formula is C14H16BrN3O. The van der Waals surface area contributed by atoms with Gasteiger partial charge in [-0.25, -0.2) is 4.98 Å². The number of hydrogen-bond donors (Lipinski definition) is 1. The topological polar surface area (TPSA) is 47.0 Å². The van der Waals surface area contributed by atoms with Crippen molar-refractivity contribution in [3.8, 4) is 11.6 Å². The van der Waals surface area contributed by atoms with E-state index in [1.54, 1.807) is 12.4 Å². The minimum atomic E-state index is 0.511. The first-order valence-electron chi connectivity index (χ1n) is 6.14. The van der Waals surface area contributed by atoms with Gasteiger partial charge in [-0.05, 0) is 31.2 Å². The number of aryl methyl sites for hydroxylation is 1. The molecule has 0 aliphatic heterocycles. The van der Waals surface area contributed by atoms with Crippen molar-refractivity contribution in [1.82, 2.24) is 15.3 Å². The van der Waals surface area contributed by atoms with Crippen LogP contribution in [-0.4, -0.2) is 16.5 Å². The lowest BCUT2D eigenvalue weighted by Crippen LogP contribution is -2.13. The van der Waals surface area contributed by atoms with Gasteiger partial charge >= 0.3 is 0 Å². The summed E-state index contributed by atoms with van der Waals surface area (Å²) < 4.78 is 6.76. The minimum absolute atomic E-state index is 0.511. The third-order valence-electron chi connectivity index (χ3n) is 2.58. The van der Waals surface area contributed by atoms with Crippen LogP contribution in [-0.2, 0) is 6.54 Å². The fourth-order valence-electron chi connectivity index (χ4n) is 1.57. The van der Waals surface area contributed by atoms with Crippen molar-refractivity contribution in [3.63, 3.8) is 0 Å². The summed E-state index contributed by atoms with van der Waals surface area (Å²) in [7, 11) is 0. The Hall–Kier alpha value is -1.46. The van der Waals surface area contributed by atoms with Crippen LogP contribution in [0.3, 0.4) is 0 Å². The van der Waals surface area contributed by atoms with Crippen LogP contribution in [0, 0.1) is 6.92 Å². The van der Waals surface area contributed by atoms with Gasteiger partial charge in [-0.15, -0.1) is 0 Å². The summed E-state index contributed by atoms with van der Waals surface area (Å²) >= 11 is 3.43. The summed E-state index contributed by atoms with van der Waals surface area (Å²) in [5.41, 5.74) is 1.93. The first-order chi connectivity index (χ1) is 9.19. The molecule has 0 saturated heterocycles. The molecule has 0 radical (unpaired) electrons. The largest absolute Gasteiger partial charge is 0.437 e. The van der Waals surface area contributed by atoms with Crippen molar-refractivity contribution in [3.05, 3.63) is 46.3 Å². The van der Waals surface area contributed by atoms with E-state index in [0.717, 1.165) is 28.0 Å². The summed E-state index contributed by atoms with van der Waals surface area (Å²) in [6.45, 7) is 5.64. The molecule has 2 rings (SSSR count). The third-order valence-corrected chi connectivity index (χ3v) is 3.08.